The van der Waals surface area contributed by atoms with E-state index in [-0.39, 0.29) is 12.5 Å². The second kappa shape index (κ2) is 9.36. The number of hydrogen-bond donors (Lipinski definition) is 3. The molecule has 1 aliphatic rings. The van der Waals surface area contributed by atoms with Crippen molar-refractivity contribution < 1.29 is 29.3 Å². The molecular formula is C19H26N2O6. The van der Waals surface area contributed by atoms with Crippen molar-refractivity contribution in [2.45, 2.75) is 51.5 Å². The van der Waals surface area contributed by atoms with Gasteiger partial charge < -0.3 is 25.2 Å². The summed E-state index contributed by atoms with van der Waals surface area (Å²) in [5.74, 6) is -2.01. The molecule has 0 unspecified atom stereocenters. The summed E-state index contributed by atoms with van der Waals surface area (Å²) in [6, 6.07) is 7.50. The monoisotopic (exact) mass is 378 g/mol. The SMILES string of the molecule is CC(C)[C@H](NC(=O)OCc1ccccc1)C(=O)N1CCC[C@H]1[C@@H](O)C(=O)O. The Morgan fingerprint density at radius 3 is 2.52 bits per heavy atom. The van der Waals surface area contributed by atoms with Crippen molar-refractivity contribution >= 4 is 18.0 Å². The molecule has 0 aromatic heterocycles. The van der Waals surface area contributed by atoms with Crippen molar-refractivity contribution in [1.82, 2.24) is 10.2 Å². The van der Waals surface area contributed by atoms with Gasteiger partial charge in [-0.15, -0.1) is 0 Å². The number of ether oxygens (including phenoxy) is 1. The van der Waals surface area contributed by atoms with E-state index in [0.717, 1.165) is 5.56 Å². The predicted octanol–water partition coefficient (Wildman–Crippen LogP) is 1.37. The van der Waals surface area contributed by atoms with E-state index in [1.165, 1.54) is 4.90 Å². The highest BCUT2D eigenvalue weighted by Crippen LogP contribution is 2.23. The van der Waals surface area contributed by atoms with Crippen LogP contribution in [-0.2, 0) is 20.9 Å². The van der Waals surface area contributed by atoms with Crippen LogP contribution in [0.3, 0.4) is 0 Å². The molecule has 0 spiro atoms. The lowest BCUT2D eigenvalue weighted by Gasteiger charge is -2.31. The van der Waals surface area contributed by atoms with E-state index in [1.807, 2.05) is 30.3 Å². The zero-order valence-electron chi connectivity index (χ0n) is 15.5. The Labute approximate surface area is 158 Å². The number of aliphatic hydroxyl groups excluding tert-OH is 1. The largest absolute Gasteiger partial charge is 0.479 e. The summed E-state index contributed by atoms with van der Waals surface area (Å²) >= 11 is 0. The summed E-state index contributed by atoms with van der Waals surface area (Å²) in [5.41, 5.74) is 0.823. The molecular weight excluding hydrogens is 352 g/mol. The molecule has 1 aromatic carbocycles. The number of carbonyl (C=O) groups excluding carboxylic acids is 2. The van der Waals surface area contributed by atoms with Crippen molar-refractivity contribution in [2.24, 2.45) is 5.92 Å². The molecule has 0 bridgehead atoms. The number of alkyl carbamates (subject to hydrolysis) is 1. The number of hydrogen-bond acceptors (Lipinski definition) is 5. The summed E-state index contributed by atoms with van der Waals surface area (Å²) in [5, 5.41) is 21.5. The maximum Gasteiger partial charge on any atom is 0.408 e. The van der Waals surface area contributed by atoms with Gasteiger partial charge in [0.1, 0.15) is 12.6 Å². The molecule has 1 saturated heterocycles. The molecule has 27 heavy (non-hydrogen) atoms. The minimum Gasteiger partial charge on any atom is -0.479 e. The number of carboxylic acid groups (broad SMARTS) is 1. The molecule has 3 N–H and O–H groups in total. The quantitative estimate of drug-likeness (QED) is 0.660. The molecule has 8 nitrogen and oxygen atoms in total. The van der Waals surface area contributed by atoms with Gasteiger partial charge in [0.2, 0.25) is 5.91 Å². The summed E-state index contributed by atoms with van der Waals surface area (Å²) in [7, 11) is 0. The third kappa shape index (κ3) is 5.43. The number of nitrogens with one attached hydrogen (secondary N) is 1. The van der Waals surface area contributed by atoms with Crippen LogP contribution in [-0.4, -0.2) is 57.8 Å². The molecule has 2 rings (SSSR count). The topological polar surface area (TPSA) is 116 Å². The lowest BCUT2D eigenvalue weighted by molar-refractivity contribution is -0.152. The third-order valence-corrected chi connectivity index (χ3v) is 4.62. The van der Waals surface area contributed by atoms with Gasteiger partial charge in [0.05, 0.1) is 6.04 Å². The normalized spacial score (nSPS) is 18.8. The van der Waals surface area contributed by atoms with E-state index >= 15 is 0 Å². The molecule has 2 amide bonds. The van der Waals surface area contributed by atoms with Crippen LogP contribution in [0.2, 0.25) is 0 Å². The Morgan fingerprint density at radius 2 is 1.93 bits per heavy atom. The minimum atomic E-state index is -1.64. The Hall–Kier alpha value is -2.61. The van der Waals surface area contributed by atoms with Gasteiger partial charge >= 0.3 is 12.1 Å². The van der Waals surface area contributed by atoms with E-state index in [4.69, 9.17) is 9.84 Å². The first-order chi connectivity index (χ1) is 12.8. The fraction of sp³-hybridized carbons (Fsp3) is 0.526. The number of amides is 2. The number of carbonyl (C=O) groups is 3. The highest BCUT2D eigenvalue weighted by Gasteiger charge is 2.40. The molecule has 0 aliphatic carbocycles. The second-order valence-corrected chi connectivity index (χ2v) is 6.95. The first-order valence-corrected chi connectivity index (χ1v) is 8.99. The number of aliphatic carboxylic acids is 1. The van der Waals surface area contributed by atoms with E-state index in [0.29, 0.717) is 19.4 Å². The smallest absolute Gasteiger partial charge is 0.408 e. The molecule has 1 aliphatic heterocycles. The van der Waals surface area contributed by atoms with Crippen molar-refractivity contribution in [3.05, 3.63) is 35.9 Å². The summed E-state index contributed by atoms with van der Waals surface area (Å²) in [4.78, 5) is 37.4. The van der Waals surface area contributed by atoms with E-state index in [1.54, 1.807) is 13.8 Å². The molecule has 3 atom stereocenters. The maximum atomic E-state index is 12.9. The van der Waals surface area contributed by atoms with Crippen molar-refractivity contribution in [1.29, 1.82) is 0 Å². The number of nitrogens with zero attached hydrogens (tertiary/aromatic N) is 1. The van der Waals surface area contributed by atoms with E-state index < -0.39 is 36.2 Å². The third-order valence-electron chi connectivity index (χ3n) is 4.62. The number of rotatable bonds is 7. The van der Waals surface area contributed by atoms with E-state index in [9.17, 15) is 19.5 Å². The zero-order chi connectivity index (χ0) is 20.0. The number of carboxylic acids is 1. The number of likely N-dealkylation sites (tertiary alicyclic amines) is 1. The fourth-order valence-corrected chi connectivity index (χ4v) is 3.14. The standard InChI is InChI=1S/C19H26N2O6/c1-12(2)15(20-19(26)27-11-13-7-4-3-5-8-13)17(23)21-10-6-9-14(21)16(22)18(24)25/h3-5,7-8,12,14-16,22H,6,9-11H2,1-2H3,(H,20,26)(H,24,25)/t14-,15-,16+/m0/s1. The fourth-order valence-electron chi connectivity index (χ4n) is 3.14. The molecule has 8 heteroatoms. The minimum absolute atomic E-state index is 0.0791. The first-order valence-electron chi connectivity index (χ1n) is 8.99. The van der Waals surface area contributed by atoms with E-state index in [2.05, 4.69) is 5.32 Å². The summed E-state index contributed by atoms with van der Waals surface area (Å²) in [6.45, 7) is 3.98. The number of benzene rings is 1. The summed E-state index contributed by atoms with van der Waals surface area (Å²) in [6.07, 6.45) is -1.36. The van der Waals surface area contributed by atoms with Crippen LogP contribution in [0.1, 0.15) is 32.3 Å². The molecule has 1 aromatic rings. The zero-order valence-corrected chi connectivity index (χ0v) is 15.5. The lowest BCUT2D eigenvalue weighted by atomic mass is 10.0. The molecule has 0 saturated carbocycles. The van der Waals surface area contributed by atoms with Gasteiger partial charge in [0.25, 0.3) is 0 Å². The molecule has 148 valence electrons. The van der Waals surface area contributed by atoms with Crippen molar-refractivity contribution in [3.8, 4) is 0 Å². The van der Waals surface area contributed by atoms with Crippen LogP contribution in [0.4, 0.5) is 4.79 Å². The highest BCUT2D eigenvalue weighted by molar-refractivity contribution is 5.87. The van der Waals surface area contributed by atoms with Gasteiger partial charge in [0.15, 0.2) is 6.10 Å². The first kappa shape index (κ1) is 20.7. The molecule has 1 heterocycles. The van der Waals surface area contributed by atoms with Crippen molar-refractivity contribution in [3.63, 3.8) is 0 Å². The Morgan fingerprint density at radius 1 is 1.26 bits per heavy atom. The van der Waals surface area contributed by atoms with Gasteiger partial charge in [-0.25, -0.2) is 9.59 Å². The van der Waals surface area contributed by atoms with Crippen LogP contribution in [0, 0.1) is 5.92 Å². The average molecular weight is 378 g/mol. The van der Waals surface area contributed by atoms with Gasteiger partial charge in [-0.05, 0) is 24.3 Å². The summed E-state index contributed by atoms with van der Waals surface area (Å²) < 4.78 is 5.17. The van der Waals surface area contributed by atoms with Crippen LogP contribution in [0.25, 0.3) is 0 Å². The van der Waals surface area contributed by atoms with Crippen molar-refractivity contribution in [2.75, 3.05) is 6.54 Å². The van der Waals surface area contributed by atoms with Gasteiger partial charge in [-0.3, -0.25) is 4.79 Å². The highest BCUT2D eigenvalue weighted by atomic mass is 16.5. The van der Waals surface area contributed by atoms with Gasteiger partial charge in [0, 0.05) is 6.54 Å². The lowest BCUT2D eigenvalue weighted by Crippen LogP contribution is -2.55. The Balaban J connectivity index is 1.99. The van der Waals surface area contributed by atoms with Gasteiger partial charge in [-0.2, -0.15) is 0 Å². The predicted molar refractivity (Wildman–Crippen MR) is 96.8 cm³/mol. The average Bonchev–Trinajstić information content (AvgIpc) is 3.13. The van der Waals surface area contributed by atoms with Crippen LogP contribution >= 0.6 is 0 Å². The van der Waals surface area contributed by atoms with Crippen LogP contribution < -0.4 is 5.32 Å². The Bertz CT molecular complexity index is 663. The molecule has 0 radical (unpaired) electrons. The Kier molecular flexibility index (Phi) is 7.18. The number of aliphatic hydroxyl groups is 1. The molecule has 1 fully saturated rings. The van der Waals surface area contributed by atoms with Gasteiger partial charge in [-0.1, -0.05) is 44.2 Å². The van der Waals surface area contributed by atoms with Crippen LogP contribution in [0.5, 0.6) is 0 Å². The van der Waals surface area contributed by atoms with Crippen LogP contribution in [0.15, 0.2) is 30.3 Å². The second-order valence-electron chi connectivity index (χ2n) is 6.95. The maximum absolute atomic E-state index is 12.9.